The third-order valence-corrected chi connectivity index (χ3v) is 6.38. The monoisotopic (exact) mass is 318 g/mol. The van der Waals surface area contributed by atoms with Crippen LogP contribution in [0.1, 0.15) is 33.1 Å². The molecule has 0 radical (unpaired) electrons. The first-order valence-electron chi connectivity index (χ1n) is 7.00. The minimum atomic E-state index is -4.07. The molecule has 1 aromatic carbocycles. The van der Waals surface area contributed by atoms with E-state index in [9.17, 15) is 17.2 Å². The normalized spacial score (nSPS) is 19.0. The van der Waals surface area contributed by atoms with Crippen LogP contribution in [0.4, 0.5) is 14.5 Å². The van der Waals surface area contributed by atoms with Crippen molar-refractivity contribution in [1.82, 2.24) is 4.31 Å². The highest BCUT2D eigenvalue weighted by Crippen LogP contribution is 2.39. The molecule has 1 aliphatic rings. The molecule has 0 aromatic heterocycles. The highest BCUT2D eigenvalue weighted by molar-refractivity contribution is 7.89. The van der Waals surface area contributed by atoms with Crippen LogP contribution in [0.2, 0.25) is 0 Å². The molecular formula is C14H20F2N2O2S. The van der Waals surface area contributed by atoms with Crippen molar-refractivity contribution < 1.29 is 17.2 Å². The van der Waals surface area contributed by atoms with Crippen LogP contribution in [0.25, 0.3) is 0 Å². The Labute approximate surface area is 124 Å². The van der Waals surface area contributed by atoms with Gasteiger partial charge >= 0.3 is 0 Å². The van der Waals surface area contributed by atoms with Gasteiger partial charge in [-0.15, -0.1) is 0 Å². The van der Waals surface area contributed by atoms with Crippen LogP contribution in [0.15, 0.2) is 17.0 Å². The SMILES string of the molecule is CCC1(CC)CCN(S(=O)(=O)c2cc(N)cc(F)c2F)C1. The quantitative estimate of drug-likeness (QED) is 0.868. The largest absolute Gasteiger partial charge is 0.399 e. The average molecular weight is 318 g/mol. The predicted octanol–water partition coefficient (Wildman–Crippen LogP) is 2.75. The van der Waals surface area contributed by atoms with Crippen LogP contribution in [0, 0.1) is 17.0 Å². The van der Waals surface area contributed by atoms with Crippen LogP contribution in [0.5, 0.6) is 0 Å². The fourth-order valence-electron chi connectivity index (χ4n) is 2.84. The number of hydrogen-bond donors (Lipinski definition) is 1. The minimum Gasteiger partial charge on any atom is -0.399 e. The molecule has 7 heteroatoms. The second-order valence-electron chi connectivity index (χ2n) is 5.61. The zero-order chi connectivity index (χ0) is 15.8. The lowest BCUT2D eigenvalue weighted by Gasteiger charge is -2.26. The van der Waals surface area contributed by atoms with E-state index in [-0.39, 0.29) is 11.1 Å². The molecule has 0 unspecified atom stereocenters. The summed E-state index contributed by atoms with van der Waals surface area (Å²) in [4.78, 5) is -0.678. The van der Waals surface area contributed by atoms with E-state index in [1.165, 1.54) is 4.31 Å². The molecule has 1 saturated heterocycles. The Morgan fingerprint density at radius 1 is 1.29 bits per heavy atom. The standard InChI is InChI=1S/C14H20F2N2O2S/c1-3-14(4-2)5-6-18(9-14)21(19,20)12-8-10(17)7-11(15)13(12)16/h7-8H,3-6,9,17H2,1-2H3. The summed E-state index contributed by atoms with van der Waals surface area (Å²) >= 11 is 0. The number of anilines is 1. The number of sulfonamides is 1. The fourth-order valence-corrected chi connectivity index (χ4v) is 4.50. The van der Waals surface area contributed by atoms with Gasteiger partial charge in [0.25, 0.3) is 0 Å². The number of benzene rings is 1. The van der Waals surface area contributed by atoms with Gasteiger partial charge in [-0.05, 0) is 36.8 Å². The number of hydrogen-bond acceptors (Lipinski definition) is 3. The molecule has 0 saturated carbocycles. The highest BCUT2D eigenvalue weighted by Gasteiger charge is 2.41. The van der Waals surface area contributed by atoms with Crippen LogP contribution in [-0.4, -0.2) is 25.8 Å². The van der Waals surface area contributed by atoms with Crippen molar-refractivity contribution in [3.63, 3.8) is 0 Å². The van der Waals surface area contributed by atoms with E-state index in [4.69, 9.17) is 5.73 Å². The third kappa shape index (κ3) is 2.76. The van der Waals surface area contributed by atoms with Gasteiger partial charge in [-0.25, -0.2) is 17.2 Å². The molecule has 1 aromatic rings. The van der Waals surface area contributed by atoms with Crippen molar-refractivity contribution in [1.29, 1.82) is 0 Å². The summed E-state index contributed by atoms with van der Waals surface area (Å²) < 4.78 is 53.6. The lowest BCUT2D eigenvalue weighted by molar-refractivity contribution is 0.279. The molecule has 21 heavy (non-hydrogen) atoms. The third-order valence-electron chi connectivity index (χ3n) is 4.54. The summed E-state index contributed by atoms with van der Waals surface area (Å²) in [5.41, 5.74) is 5.25. The van der Waals surface area contributed by atoms with E-state index in [0.29, 0.717) is 13.1 Å². The second kappa shape index (κ2) is 5.53. The van der Waals surface area contributed by atoms with E-state index in [1.807, 2.05) is 13.8 Å². The van der Waals surface area contributed by atoms with Crippen molar-refractivity contribution in [2.45, 2.75) is 38.0 Å². The zero-order valence-corrected chi connectivity index (χ0v) is 13.0. The molecule has 0 amide bonds. The molecule has 0 spiro atoms. The Hall–Kier alpha value is -1.21. The molecule has 1 aliphatic heterocycles. The van der Waals surface area contributed by atoms with Crippen molar-refractivity contribution >= 4 is 15.7 Å². The van der Waals surface area contributed by atoms with E-state index in [2.05, 4.69) is 0 Å². The first-order valence-corrected chi connectivity index (χ1v) is 8.44. The molecule has 2 N–H and O–H groups in total. The summed E-state index contributed by atoms with van der Waals surface area (Å²) in [6, 6.07) is 1.76. The minimum absolute atomic E-state index is 0.0809. The second-order valence-corrected chi connectivity index (χ2v) is 7.52. The van der Waals surface area contributed by atoms with Gasteiger partial charge in [0.2, 0.25) is 10.0 Å². The van der Waals surface area contributed by atoms with Crippen LogP contribution in [0.3, 0.4) is 0 Å². The lowest BCUT2D eigenvalue weighted by Crippen LogP contribution is -2.32. The topological polar surface area (TPSA) is 63.4 Å². The predicted molar refractivity (Wildman–Crippen MR) is 77.2 cm³/mol. The van der Waals surface area contributed by atoms with Gasteiger partial charge in [-0.3, -0.25) is 0 Å². The van der Waals surface area contributed by atoms with E-state index in [0.717, 1.165) is 31.4 Å². The van der Waals surface area contributed by atoms with Crippen LogP contribution in [-0.2, 0) is 10.0 Å². The fraction of sp³-hybridized carbons (Fsp3) is 0.571. The number of rotatable bonds is 4. The lowest BCUT2D eigenvalue weighted by atomic mass is 9.82. The number of halogens is 2. The smallest absolute Gasteiger partial charge is 0.246 e. The first kappa shape index (κ1) is 16.2. The maximum absolute atomic E-state index is 13.9. The van der Waals surface area contributed by atoms with Crippen molar-refractivity contribution in [2.24, 2.45) is 5.41 Å². The summed E-state index contributed by atoms with van der Waals surface area (Å²) in [6.45, 7) is 4.68. The maximum Gasteiger partial charge on any atom is 0.246 e. The van der Waals surface area contributed by atoms with Crippen molar-refractivity contribution in [3.8, 4) is 0 Å². The number of nitrogens with zero attached hydrogens (tertiary/aromatic N) is 1. The summed E-state index contributed by atoms with van der Waals surface area (Å²) in [5.74, 6) is -2.61. The Morgan fingerprint density at radius 2 is 1.90 bits per heavy atom. The highest BCUT2D eigenvalue weighted by atomic mass is 32.2. The van der Waals surface area contributed by atoms with Gasteiger partial charge in [0.1, 0.15) is 4.90 Å². The zero-order valence-electron chi connectivity index (χ0n) is 12.2. The van der Waals surface area contributed by atoms with Gasteiger partial charge in [0.15, 0.2) is 11.6 Å². The molecule has 4 nitrogen and oxygen atoms in total. The Morgan fingerprint density at radius 3 is 2.43 bits per heavy atom. The molecule has 0 bridgehead atoms. The van der Waals surface area contributed by atoms with Gasteiger partial charge in [0, 0.05) is 18.8 Å². The average Bonchev–Trinajstić information content (AvgIpc) is 2.88. The molecule has 1 heterocycles. The van der Waals surface area contributed by atoms with Gasteiger partial charge in [-0.2, -0.15) is 4.31 Å². The molecule has 0 aliphatic carbocycles. The van der Waals surface area contributed by atoms with Crippen molar-refractivity contribution in [2.75, 3.05) is 18.8 Å². The first-order chi connectivity index (χ1) is 9.75. The number of nitrogens with two attached hydrogens (primary N) is 1. The van der Waals surface area contributed by atoms with Crippen LogP contribution >= 0.6 is 0 Å². The van der Waals surface area contributed by atoms with Gasteiger partial charge < -0.3 is 5.73 Å². The molecule has 0 atom stereocenters. The summed E-state index contributed by atoms with van der Waals surface area (Å²) in [5, 5.41) is 0. The molecular weight excluding hydrogens is 298 g/mol. The molecule has 118 valence electrons. The van der Waals surface area contributed by atoms with Gasteiger partial charge in [0.05, 0.1) is 0 Å². The van der Waals surface area contributed by atoms with Crippen LogP contribution < -0.4 is 5.73 Å². The molecule has 2 rings (SSSR count). The van der Waals surface area contributed by atoms with Gasteiger partial charge in [-0.1, -0.05) is 13.8 Å². The Balaban J connectivity index is 2.41. The van der Waals surface area contributed by atoms with Crippen molar-refractivity contribution in [3.05, 3.63) is 23.8 Å². The Kier molecular flexibility index (Phi) is 4.26. The summed E-state index contributed by atoms with van der Waals surface area (Å²) in [6.07, 6.45) is 2.43. The van der Waals surface area contributed by atoms with E-state index < -0.39 is 26.6 Å². The maximum atomic E-state index is 13.9. The van der Waals surface area contributed by atoms with E-state index >= 15 is 0 Å². The molecule has 1 fully saturated rings. The summed E-state index contributed by atoms with van der Waals surface area (Å²) in [7, 11) is -4.07. The Bertz CT molecular complexity index is 643. The number of nitrogen functional groups attached to an aromatic ring is 1. The van der Waals surface area contributed by atoms with E-state index in [1.54, 1.807) is 0 Å².